The number of benzene rings is 1. The van der Waals surface area contributed by atoms with Crippen molar-refractivity contribution in [3.63, 3.8) is 0 Å². The van der Waals surface area contributed by atoms with Gasteiger partial charge in [-0.1, -0.05) is 30.6 Å². The van der Waals surface area contributed by atoms with Crippen molar-refractivity contribution in [1.82, 2.24) is 9.78 Å². The van der Waals surface area contributed by atoms with Crippen molar-refractivity contribution >= 4 is 46.3 Å². The number of hydrogen-bond donors (Lipinski definition) is 0. The summed E-state index contributed by atoms with van der Waals surface area (Å²) < 4.78 is 2.59. The molecule has 0 fully saturated rings. The molecule has 1 aromatic carbocycles. The van der Waals surface area contributed by atoms with Crippen molar-refractivity contribution < 1.29 is 9.63 Å². The molecule has 8 heteroatoms. The number of thioether (sulfide) groups is 1. The Bertz CT molecular complexity index is 1130. The molecule has 0 saturated heterocycles. The summed E-state index contributed by atoms with van der Waals surface area (Å²) in [4.78, 5) is 19.1. The summed E-state index contributed by atoms with van der Waals surface area (Å²) in [5.41, 5.74) is 4.79. The standard InChI is InChI=1S/C22H22ClN3O2S2/c1-22(2)11-15-18(17(12-22)25-28-3)21(29-4)30-19(15)16-9-10-26(24-16)20(27)13-5-7-14(23)8-6-13/h5-10H,11-12H2,1-4H3. The summed E-state index contributed by atoms with van der Waals surface area (Å²) in [7, 11) is 1.59. The normalized spacial score (nSPS) is 16.5. The van der Waals surface area contributed by atoms with Gasteiger partial charge in [0, 0.05) is 22.3 Å². The van der Waals surface area contributed by atoms with Crippen LogP contribution in [0.25, 0.3) is 10.6 Å². The number of aromatic nitrogens is 2. The third-order valence-electron chi connectivity index (χ3n) is 5.07. The van der Waals surface area contributed by atoms with Gasteiger partial charge in [-0.05, 0) is 60.4 Å². The van der Waals surface area contributed by atoms with Gasteiger partial charge in [0.2, 0.25) is 0 Å². The van der Waals surface area contributed by atoms with Crippen molar-refractivity contribution in [1.29, 1.82) is 0 Å². The number of oxime groups is 1. The summed E-state index contributed by atoms with van der Waals surface area (Å²) in [6, 6.07) is 8.73. The Balaban J connectivity index is 1.77. The van der Waals surface area contributed by atoms with Crippen LogP contribution in [-0.4, -0.2) is 34.8 Å². The molecule has 1 aliphatic carbocycles. The molecule has 0 aliphatic heterocycles. The van der Waals surface area contributed by atoms with E-state index in [0.29, 0.717) is 10.6 Å². The van der Waals surface area contributed by atoms with Crippen LogP contribution in [0.3, 0.4) is 0 Å². The van der Waals surface area contributed by atoms with Crippen molar-refractivity contribution in [2.24, 2.45) is 10.6 Å². The molecule has 1 aliphatic rings. The maximum Gasteiger partial charge on any atom is 0.278 e. The number of nitrogens with zero attached hydrogens (tertiary/aromatic N) is 3. The molecule has 0 bridgehead atoms. The van der Waals surface area contributed by atoms with E-state index >= 15 is 0 Å². The molecule has 0 N–H and O–H groups in total. The van der Waals surface area contributed by atoms with Gasteiger partial charge in [-0.25, -0.2) is 4.68 Å². The van der Waals surface area contributed by atoms with Gasteiger partial charge in [-0.3, -0.25) is 4.79 Å². The second-order valence-corrected chi connectivity index (χ2v) is 10.5. The minimum absolute atomic E-state index is 0.0670. The smallest absolute Gasteiger partial charge is 0.278 e. The van der Waals surface area contributed by atoms with Gasteiger partial charge in [0.1, 0.15) is 12.8 Å². The highest BCUT2D eigenvalue weighted by molar-refractivity contribution is 8.00. The van der Waals surface area contributed by atoms with E-state index in [9.17, 15) is 4.79 Å². The first kappa shape index (κ1) is 21.2. The zero-order valence-corrected chi connectivity index (χ0v) is 19.6. The predicted octanol–water partition coefficient (Wildman–Crippen LogP) is 6.00. The predicted molar refractivity (Wildman–Crippen MR) is 124 cm³/mol. The second kappa shape index (κ2) is 8.21. The van der Waals surface area contributed by atoms with E-state index in [2.05, 4.69) is 30.4 Å². The average Bonchev–Trinajstić information content (AvgIpc) is 3.32. The lowest BCUT2D eigenvalue weighted by atomic mass is 9.74. The number of carbonyl (C=O) groups is 1. The van der Waals surface area contributed by atoms with Gasteiger partial charge in [0.15, 0.2) is 0 Å². The van der Waals surface area contributed by atoms with Gasteiger partial charge < -0.3 is 4.84 Å². The fraction of sp³-hybridized carbons (Fsp3) is 0.318. The zero-order valence-electron chi connectivity index (χ0n) is 17.2. The molecule has 156 valence electrons. The molecule has 0 amide bonds. The van der Waals surface area contributed by atoms with E-state index < -0.39 is 0 Å². The summed E-state index contributed by atoms with van der Waals surface area (Å²) in [6.07, 6.45) is 5.58. The maximum absolute atomic E-state index is 12.8. The zero-order chi connectivity index (χ0) is 21.5. The first-order valence-corrected chi connectivity index (χ1v) is 11.9. The molecule has 3 aromatic rings. The highest BCUT2D eigenvalue weighted by Gasteiger charge is 2.36. The number of thiophene rings is 1. The van der Waals surface area contributed by atoms with Gasteiger partial charge in [-0.15, -0.1) is 23.1 Å². The lowest BCUT2D eigenvalue weighted by Gasteiger charge is -2.31. The lowest BCUT2D eigenvalue weighted by molar-refractivity contribution is 0.0945. The molecule has 30 heavy (non-hydrogen) atoms. The molecule has 2 aromatic heterocycles. The SMILES string of the molecule is CON=C1CC(C)(C)Cc2c(-c3ccn(C(=O)c4ccc(Cl)cc4)n3)sc(SC)c21. The van der Waals surface area contributed by atoms with E-state index in [1.807, 2.05) is 6.07 Å². The first-order chi connectivity index (χ1) is 14.3. The monoisotopic (exact) mass is 459 g/mol. The van der Waals surface area contributed by atoms with Crippen molar-refractivity contribution in [3.05, 3.63) is 58.2 Å². The van der Waals surface area contributed by atoms with Gasteiger partial charge >= 0.3 is 0 Å². The van der Waals surface area contributed by atoms with E-state index in [0.717, 1.165) is 29.1 Å². The topological polar surface area (TPSA) is 56.5 Å². The quantitative estimate of drug-likeness (QED) is 0.354. The highest BCUT2D eigenvalue weighted by Crippen LogP contribution is 2.48. The van der Waals surface area contributed by atoms with Gasteiger partial charge in [0.05, 0.1) is 14.8 Å². The van der Waals surface area contributed by atoms with Crippen LogP contribution >= 0.6 is 34.7 Å². The maximum atomic E-state index is 12.8. The van der Waals surface area contributed by atoms with Crippen LogP contribution in [-0.2, 0) is 11.3 Å². The Morgan fingerprint density at radius 1 is 1.27 bits per heavy atom. The Morgan fingerprint density at radius 3 is 2.67 bits per heavy atom. The number of fused-ring (bicyclic) bond motifs is 1. The number of carbonyl (C=O) groups excluding carboxylic acids is 1. The second-order valence-electron chi connectivity index (χ2n) is 7.97. The first-order valence-electron chi connectivity index (χ1n) is 9.49. The Labute approximate surface area is 189 Å². The summed E-state index contributed by atoms with van der Waals surface area (Å²) in [6.45, 7) is 4.48. The van der Waals surface area contributed by atoms with Crippen LogP contribution in [0.4, 0.5) is 0 Å². The van der Waals surface area contributed by atoms with Gasteiger partial charge in [-0.2, -0.15) is 5.10 Å². The lowest BCUT2D eigenvalue weighted by Crippen LogP contribution is -2.27. The molecule has 5 nitrogen and oxygen atoms in total. The highest BCUT2D eigenvalue weighted by atomic mass is 35.5. The van der Waals surface area contributed by atoms with Crippen LogP contribution in [0.5, 0.6) is 0 Å². The van der Waals surface area contributed by atoms with Crippen molar-refractivity contribution in [3.8, 4) is 10.6 Å². The Kier molecular flexibility index (Phi) is 5.79. The van der Waals surface area contributed by atoms with E-state index in [-0.39, 0.29) is 11.3 Å². The minimum Gasteiger partial charge on any atom is -0.399 e. The Hall–Kier alpha value is -2.09. The van der Waals surface area contributed by atoms with Crippen LogP contribution < -0.4 is 0 Å². The fourth-order valence-corrected chi connectivity index (χ4v) is 6.00. The molecule has 4 rings (SSSR count). The van der Waals surface area contributed by atoms with Crippen LogP contribution in [0.2, 0.25) is 5.02 Å². The molecule has 0 unspecified atom stereocenters. The summed E-state index contributed by atoms with van der Waals surface area (Å²) in [5, 5.41) is 9.55. The Morgan fingerprint density at radius 2 is 2.00 bits per heavy atom. The minimum atomic E-state index is -0.185. The molecule has 0 atom stereocenters. The third-order valence-corrected chi connectivity index (χ3v) is 7.70. The molecule has 0 radical (unpaired) electrons. The molecule has 0 saturated carbocycles. The van der Waals surface area contributed by atoms with Crippen LogP contribution in [0.1, 0.15) is 41.8 Å². The molecule has 2 heterocycles. The summed E-state index contributed by atoms with van der Waals surface area (Å²) >= 11 is 9.35. The van der Waals surface area contributed by atoms with E-state index in [4.69, 9.17) is 16.4 Å². The summed E-state index contributed by atoms with van der Waals surface area (Å²) in [5.74, 6) is -0.185. The van der Waals surface area contributed by atoms with Crippen molar-refractivity contribution in [2.75, 3.05) is 13.4 Å². The number of rotatable bonds is 4. The molecular weight excluding hydrogens is 438 g/mol. The van der Waals surface area contributed by atoms with Crippen LogP contribution in [0.15, 0.2) is 45.9 Å². The molecule has 0 spiro atoms. The van der Waals surface area contributed by atoms with E-state index in [1.54, 1.807) is 60.7 Å². The van der Waals surface area contributed by atoms with Crippen molar-refractivity contribution in [2.45, 2.75) is 30.9 Å². The van der Waals surface area contributed by atoms with E-state index in [1.165, 1.54) is 20.0 Å². The molecular formula is C22H22ClN3O2S2. The van der Waals surface area contributed by atoms with Crippen LogP contribution in [0, 0.1) is 5.41 Å². The third kappa shape index (κ3) is 3.94. The fourth-order valence-electron chi connectivity index (χ4n) is 3.81. The average molecular weight is 460 g/mol. The largest absolute Gasteiger partial charge is 0.399 e. The number of halogens is 1. The van der Waals surface area contributed by atoms with Gasteiger partial charge in [0.25, 0.3) is 5.91 Å². The number of hydrogen-bond acceptors (Lipinski definition) is 6.